The normalized spacial score (nSPS) is 19.6. The lowest BCUT2D eigenvalue weighted by Gasteiger charge is -2.34. The van der Waals surface area contributed by atoms with E-state index in [2.05, 4.69) is 45.9 Å². The summed E-state index contributed by atoms with van der Waals surface area (Å²) in [6.45, 7) is 9.41. The molecule has 1 amide bonds. The Kier molecular flexibility index (Phi) is 3.47. The summed E-state index contributed by atoms with van der Waals surface area (Å²) in [6.07, 6.45) is 1.68. The van der Waals surface area contributed by atoms with E-state index in [1.807, 2.05) is 11.0 Å². The predicted octanol–water partition coefficient (Wildman–Crippen LogP) is 3.65. The monoisotopic (exact) mass is 245 g/mol. The van der Waals surface area contributed by atoms with Crippen LogP contribution in [0, 0.1) is 11.3 Å². The largest absolute Gasteiger partial charge is 0.312 e. The number of para-hydroxylation sites is 1. The van der Waals surface area contributed by atoms with Gasteiger partial charge >= 0.3 is 0 Å². The number of anilines is 1. The summed E-state index contributed by atoms with van der Waals surface area (Å²) >= 11 is 0. The highest BCUT2D eigenvalue weighted by Crippen LogP contribution is 2.31. The van der Waals surface area contributed by atoms with Crippen molar-refractivity contribution in [2.45, 2.75) is 40.5 Å². The molecule has 0 N–H and O–H groups in total. The van der Waals surface area contributed by atoms with Crippen molar-refractivity contribution in [2.75, 3.05) is 11.4 Å². The Morgan fingerprint density at radius 3 is 2.67 bits per heavy atom. The standard InChI is InChI=1S/C16H23NO/c1-12-9-13-7-5-6-8-14(13)17(11-12)15(18)10-16(2,3)4/h5-8,12H,9-11H2,1-4H3. The Labute approximate surface area is 110 Å². The van der Waals surface area contributed by atoms with Gasteiger partial charge in [0.25, 0.3) is 0 Å². The molecule has 0 aromatic heterocycles. The van der Waals surface area contributed by atoms with Crippen LogP contribution >= 0.6 is 0 Å². The number of rotatable bonds is 1. The molecule has 2 heteroatoms. The van der Waals surface area contributed by atoms with Crippen LogP contribution in [0.4, 0.5) is 5.69 Å². The summed E-state index contributed by atoms with van der Waals surface area (Å²) in [4.78, 5) is 14.4. The minimum atomic E-state index is 0.0483. The van der Waals surface area contributed by atoms with Gasteiger partial charge in [0.1, 0.15) is 0 Å². The van der Waals surface area contributed by atoms with E-state index < -0.39 is 0 Å². The van der Waals surface area contributed by atoms with Crippen molar-refractivity contribution in [1.29, 1.82) is 0 Å². The van der Waals surface area contributed by atoms with E-state index in [9.17, 15) is 4.79 Å². The van der Waals surface area contributed by atoms with Gasteiger partial charge in [0.15, 0.2) is 0 Å². The zero-order valence-electron chi connectivity index (χ0n) is 11.9. The van der Waals surface area contributed by atoms with E-state index >= 15 is 0 Å². The van der Waals surface area contributed by atoms with E-state index in [1.54, 1.807) is 0 Å². The fraction of sp³-hybridized carbons (Fsp3) is 0.562. The second-order valence-corrected chi connectivity index (χ2v) is 6.68. The van der Waals surface area contributed by atoms with Gasteiger partial charge in [-0.05, 0) is 29.4 Å². The lowest BCUT2D eigenvalue weighted by atomic mass is 9.89. The number of amides is 1. The van der Waals surface area contributed by atoms with Gasteiger partial charge in [-0.1, -0.05) is 45.9 Å². The van der Waals surface area contributed by atoms with Crippen LogP contribution < -0.4 is 4.90 Å². The third-order valence-electron chi connectivity index (χ3n) is 3.33. The van der Waals surface area contributed by atoms with E-state index in [0.29, 0.717) is 12.3 Å². The molecule has 1 heterocycles. The minimum Gasteiger partial charge on any atom is -0.312 e. The Morgan fingerprint density at radius 1 is 1.33 bits per heavy atom. The fourth-order valence-electron chi connectivity index (χ4n) is 2.58. The highest BCUT2D eigenvalue weighted by Gasteiger charge is 2.28. The molecule has 98 valence electrons. The number of nitrogens with zero attached hydrogens (tertiary/aromatic N) is 1. The van der Waals surface area contributed by atoms with Crippen LogP contribution in [0.3, 0.4) is 0 Å². The SMILES string of the molecule is CC1Cc2ccccc2N(C(=O)CC(C)(C)C)C1. The number of fused-ring (bicyclic) bond motifs is 1. The molecule has 1 aromatic carbocycles. The number of hydrogen-bond donors (Lipinski definition) is 0. The molecule has 2 nitrogen and oxygen atoms in total. The van der Waals surface area contributed by atoms with Crippen LogP contribution in [0.15, 0.2) is 24.3 Å². The average molecular weight is 245 g/mol. The summed E-state index contributed by atoms with van der Waals surface area (Å²) in [6, 6.07) is 8.29. The smallest absolute Gasteiger partial charge is 0.227 e. The van der Waals surface area contributed by atoms with E-state index in [1.165, 1.54) is 5.56 Å². The maximum Gasteiger partial charge on any atom is 0.227 e. The molecule has 0 aliphatic carbocycles. The van der Waals surface area contributed by atoms with Crippen molar-refractivity contribution < 1.29 is 4.79 Å². The zero-order chi connectivity index (χ0) is 13.3. The minimum absolute atomic E-state index is 0.0483. The molecule has 0 saturated carbocycles. The molecule has 1 unspecified atom stereocenters. The lowest BCUT2D eigenvalue weighted by Crippen LogP contribution is -2.40. The lowest BCUT2D eigenvalue weighted by molar-refractivity contribution is -0.120. The summed E-state index contributed by atoms with van der Waals surface area (Å²) in [5.74, 6) is 0.797. The Balaban J connectivity index is 2.26. The van der Waals surface area contributed by atoms with Gasteiger partial charge in [-0.15, -0.1) is 0 Å². The highest BCUT2D eigenvalue weighted by molar-refractivity contribution is 5.95. The Morgan fingerprint density at radius 2 is 2.00 bits per heavy atom. The van der Waals surface area contributed by atoms with Gasteiger partial charge < -0.3 is 4.90 Å². The second-order valence-electron chi connectivity index (χ2n) is 6.68. The van der Waals surface area contributed by atoms with Crippen LogP contribution in [0.2, 0.25) is 0 Å². The van der Waals surface area contributed by atoms with E-state index in [4.69, 9.17) is 0 Å². The molecule has 1 aliphatic rings. The third kappa shape index (κ3) is 2.92. The van der Waals surface area contributed by atoms with Crippen molar-refractivity contribution in [3.63, 3.8) is 0 Å². The maximum absolute atomic E-state index is 12.4. The topological polar surface area (TPSA) is 20.3 Å². The summed E-state index contributed by atoms with van der Waals surface area (Å²) in [5.41, 5.74) is 2.47. The first-order valence-electron chi connectivity index (χ1n) is 6.75. The fourth-order valence-corrected chi connectivity index (χ4v) is 2.58. The van der Waals surface area contributed by atoms with Gasteiger partial charge in [0.05, 0.1) is 0 Å². The maximum atomic E-state index is 12.4. The van der Waals surface area contributed by atoms with E-state index in [0.717, 1.165) is 18.7 Å². The van der Waals surface area contributed by atoms with Gasteiger partial charge in [-0.25, -0.2) is 0 Å². The molecule has 0 radical (unpaired) electrons. The summed E-state index contributed by atoms with van der Waals surface area (Å²) in [7, 11) is 0. The molecule has 1 aliphatic heterocycles. The molecule has 0 bridgehead atoms. The Hall–Kier alpha value is -1.31. The van der Waals surface area contributed by atoms with Gasteiger partial charge in [-0.2, -0.15) is 0 Å². The molecule has 0 fully saturated rings. The number of hydrogen-bond acceptors (Lipinski definition) is 1. The third-order valence-corrected chi connectivity index (χ3v) is 3.33. The van der Waals surface area contributed by atoms with Crippen molar-refractivity contribution in [1.82, 2.24) is 0 Å². The van der Waals surface area contributed by atoms with Gasteiger partial charge in [0.2, 0.25) is 5.91 Å². The highest BCUT2D eigenvalue weighted by atomic mass is 16.2. The Bertz CT molecular complexity index is 445. The van der Waals surface area contributed by atoms with Crippen molar-refractivity contribution in [3.05, 3.63) is 29.8 Å². The second kappa shape index (κ2) is 4.75. The zero-order valence-corrected chi connectivity index (χ0v) is 11.9. The predicted molar refractivity (Wildman–Crippen MR) is 75.7 cm³/mol. The molecule has 0 saturated heterocycles. The molecule has 1 atom stereocenters. The number of carbonyl (C=O) groups is 1. The van der Waals surface area contributed by atoms with Crippen LogP contribution in [-0.2, 0) is 11.2 Å². The number of benzene rings is 1. The molecule has 18 heavy (non-hydrogen) atoms. The van der Waals surface area contributed by atoms with Gasteiger partial charge in [-0.3, -0.25) is 4.79 Å². The quantitative estimate of drug-likeness (QED) is 0.739. The average Bonchev–Trinajstić information content (AvgIpc) is 2.25. The molecular weight excluding hydrogens is 222 g/mol. The van der Waals surface area contributed by atoms with Crippen LogP contribution in [0.5, 0.6) is 0 Å². The first kappa shape index (κ1) is 13.1. The summed E-state index contributed by atoms with van der Waals surface area (Å²) < 4.78 is 0. The first-order chi connectivity index (χ1) is 8.37. The number of carbonyl (C=O) groups excluding carboxylic acids is 1. The van der Waals surface area contributed by atoms with Crippen LogP contribution in [0.1, 0.15) is 39.7 Å². The van der Waals surface area contributed by atoms with Crippen LogP contribution in [-0.4, -0.2) is 12.5 Å². The van der Waals surface area contributed by atoms with E-state index in [-0.39, 0.29) is 11.3 Å². The van der Waals surface area contributed by atoms with Crippen molar-refractivity contribution in [3.8, 4) is 0 Å². The van der Waals surface area contributed by atoms with Crippen molar-refractivity contribution >= 4 is 11.6 Å². The molecule has 0 spiro atoms. The molecule has 1 aromatic rings. The molecule has 2 rings (SSSR count). The van der Waals surface area contributed by atoms with Gasteiger partial charge in [0, 0.05) is 18.7 Å². The summed E-state index contributed by atoms with van der Waals surface area (Å²) in [5, 5.41) is 0. The first-order valence-corrected chi connectivity index (χ1v) is 6.75. The molecular formula is C16H23NO. The van der Waals surface area contributed by atoms with Crippen molar-refractivity contribution in [2.24, 2.45) is 11.3 Å². The van der Waals surface area contributed by atoms with Crippen LogP contribution in [0.25, 0.3) is 0 Å².